The molecule has 0 bridgehead atoms. The van der Waals surface area contributed by atoms with Crippen LogP contribution in [0.2, 0.25) is 0 Å². The molecule has 1 aliphatic rings. The van der Waals surface area contributed by atoms with Crippen LogP contribution in [0.3, 0.4) is 0 Å². The summed E-state index contributed by atoms with van der Waals surface area (Å²) in [6, 6.07) is 7.85. The first-order chi connectivity index (χ1) is 9.56. The number of carboxylic acid groups (broad SMARTS) is 1. The zero-order chi connectivity index (χ0) is 14.5. The van der Waals surface area contributed by atoms with E-state index in [4.69, 9.17) is 0 Å². The van der Waals surface area contributed by atoms with E-state index in [0.29, 0.717) is 23.8 Å². The Morgan fingerprint density at radius 3 is 2.55 bits per heavy atom. The zero-order valence-corrected chi connectivity index (χ0v) is 11.7. The first-order valence-electron chi connectivity index (χ1n) is 7.13. The summed E-state index contributed by atoms with van der Waals surface area (Å²) < 4.78 is 0. The topological polar surface area (TPSA) is 66.4 Å². The molecule has 0 spiro atoms. The van der Waals surface area contributed by atoms with E-state index in [2.05, 4.69) is 12.2 Å². The molecule has 20 heavy (non-hydrogen) atoms. The average Bonchev–Trinajstić information content (AvgIpc) is 2.82. The molecule has 1 fully saturated rings. The van der Waals surface area contributed by atoms with Gasteiger partial charge in [-0.2, -0.15) is 0 Å². The summed E-state index contributed by atoms with van der Waals surface area (Å²) >= 11 is 0. The molecule has 4 heteroatoms. The van der Waals surface area contributed by atoms with Crippen molar-refractivity contribution in [1.82, 2.24) is 5.32 Å². The number of hydrogen-bond donors (Lipinski definition) is 2. The summed E-state index contributed by atoms with van der Waals surface area (Å²) in [6.07, 6.45) is 3.73. The van der Waals surface area contributed by atoms with Crippen LogP contribution in [0.4, 0.5) is 0 Å². The molecule has 0 aromatic heterocycles. The van der Waals surface area contributed by atoms with Crippen LogP contribution in [-0.4, -0.2) is 17.0 Å². The van der Waals surface area contributed by atoms with E-state index in [1.54, 1.807) is 24.3 Å². The molecule has 108 valence electrons. The van der Waals surface area contributed by atoms with Gasteiger partial charge in [-0.05, 0) is 30.2 Å². The predicted molar refractivity (Wildman–Crippen MR) is 76.1 cm³/mol. The van der Waals surface area contributed by atoms with Gasteiger partial charge < -0.3 is 10.4 Å². The fourth-order valence-corrected chi connectivity index (χ4v) is 2.93. The van der Waals surface area contributed by atoms with Crippen molar-refractivity contribution >= 4 is 11.9 Å². The monoisotopic (exact) mass is 275 g/mol. The number of carbonyl (C=O) groups excluding carboxylic acids is 1. The number of hydrogen-bond acceptors (Lipinski definition) is 2. The van der Waals surface area contributed by atoms with Crippen LogP contribution in [0.5, 0.6) is 0 Å². The summed E-state index contributed by atoms with van der Waals surface area (Å²) in [5.74, 6) is -0.114. The molecule has 2 N–H and O–H groups in total. The smallest absolute Gasteiger partial charge is 0.330 e. The average molecular weight is 275 g/mol. The maximum atomic E-state index is 12.0. The van der Waals surface area contributed by atoms with Crippen LogP contribution in [-0.2, 0) is 9.59 Å². The van der Waals surface area contributed by atoms with Gasteiger partial charge in [-0.3, -0.25) is 4.79 Å². The summed E-state index contributed by atoms with van der Waals surface area (Å²) in [6.45, 7) is 2.20. The summed E-state index contributed by atoms with van der Waals surface area (Å²) in [7, 11) is 0. The minimum absolute atomic E-state index is 0.166. The Labute approximate surface area is 119 Å². The minimum Gasteiger partial charge on any atom is -0.479 e. The van der Waals surface area contributed by atoms with Gasteiger partial charge in [-0.1, -0.05) is 43.7 Å². The predicted octanol–water partition coefficient (Wildman–Crippen LogP) is 2.75. The van der Waals surface area contributed by atoms with Gasteiger partial charge in [0.2, 0.25) is 5.91 Å². The highest BCUT2D eigenvalue weighted by molar-refractivity contribution is 5.84. The van der Waals surface area contributed by atoms with Crippen molar-refractivity contribution < 1.29 is 14.7 Å². The van der Waals surface area contributed by atoms with Crippen molar-refractivity contribution in [2.75, 3.05) is 0 Å². The lowest BCUT2D eigenvalue weighted by molar-refractivity contribution is -0.142. The highest BCUT2D eigenvalue weighted by atomic mass is 16.4. The number of aliphatic carboxylic acids is 1. The number of nitrogens with one attached hydrogen (secondary N) is 1. The van der Waals surface area contributed by atoms with Crippen LogP contribution < -0.4 is 5.32 Å². The molecule has 0 heterocycles. The number of benzene rings is 1. The normalized spacial score (nSPS) is 23.2. The number of carbonyl (C=O) groups is 2. The van der Waals surface area contributed by atoms with E-state index >= 15 is 0 Å². The number of carboxylic acids is 1. The fourth-order valence-electron chi connectivity index (χ4n) is 2.93. The molecule has 1 aliphatic carbocycles. The van der Waals surface area contributed by atoms with E-state index in [1.807, 2.05) is 6.07 Å². The molecule has 2 unspecified atom stereocenters. The standard InChI is InChI=1S/C16H21NO3/c1-11-7-8-12(9-11)10-14(18)17-15(16(19)20)13-5-3-2-4-6-13/h2-6,11-12,15H,7-10H2,1H3,(H,17,18)(H,19,20)/t11?,12?,15-/m1/s1. The van der Waals surface area contributed by atoms with E-state index in [-0.39, 0.29) is 5.91 Å². The second kappa shape index (κ2) is 6.55. The number of amides is 1. The number of rotatable bonds is 5. The zero-order valence-electron chi connectivity index (χ0n) is 11.7. The quantitative estimate of drug-likeness (QED) is 0.868. The first-order valence-corrected chi connectivity index (χ1v) is 7.13. The lowest BCUT2D eigenvalue weighted by Crippen LogP contribution is -2.34. The van der Waals surface area contributed by atoms with Gasteiger partial charge in [0.15, 0.2) is 6.04 Å². The summed E-state index contributed by atoms with van der Waals surface area (Å²) in [5.41, 5.74) is 0.605. The van der Waals surface area contributed by atoms with Gasteiger partial charge in [-0.25, -0.2) is 4.79 Å². The Morgan fingerprint density at radius 2 is 2.00 bits per heavy atom. The Balaban J connectivity index is 1.95. The van der Waals surface area contributed by atoms with Gasteiger partial charge in [0.25, 0.3) is 0 Å². The van der Waals surface area contributed by atoms with Crippen molar-refractivity contribution in [1.29, 1.82) is 0 Å². The third-order valence-corrected chi connectivity index (χ3v) is 3.96. The van der Waals surface area contributed by atoms with E-state index in [0.717, 1.165) is 12.8 Å². The minimum atomic E-state index is -1.02. The molecule has 1 amide bonds. The molecule has 0 aliphatic heterocycles. The van der Waals surface area contributed by atoms with Crippen LogP contribution in [0, 0.1) is 11.8 Å². The van der Waals surface area contributed by atoms with Crippen LogP contribution >= 0.6 is 0 Å². The van der Waals surface area contributed by atoms with Gasteiger partial charge in [0, 0.05) is 6.42 Å². The molecule has 2 rings (SSSR count). The van der Waals surface area contributed by atoms with Crippen molar-refractivity contribution in [3.05, 3.63) is 35.9 Å². The van der Waals surface area contributed by atoms with E-state index in [1.165, 1.54) is 6.42 Å². The van der Waals surface area contributed by atoms with Gasteiger partial charge >= 0.3 is 5.97 Å². The maximum absolute atomic E-state index is 12.0. The molecule has 1 aromatic carbocycles. The summed E-state index contributed by atoms with van der Waals surface area (Å²) in [5, 5.41) is 11.9. The highest BCUT2D eigenvalue weighted by Gasteiger charge is 2.26. The van der Waals surface area contributed by atoms with Gasteiger partial charge in [-0.15, -0.1) is 0 Å². The highest BCUT2D eigenvalue weighted by Crippen LogP contribution is 2.32. The lowest BCUT2D eigenvalue weighted by atomic mass is 10.0. The van der Waals surface area contributed by atoms with Gasteiger partial charge in [0.05, 0.1) is 0 Å². The second-order valence-electron chi connectivity index (χ2n) is 5.74. The van der Waals surface area contributed by atoms with Crippen LogP contribution in [0.15, 0.2) is 30.3 Å². The van der Waals surface area contributed by atoms with Crippen LogP contribution in [0.1, 0.15) is 44.2 Å². The van der Waals surface area contributed by atoms with Gasteiger partial charge in [0.1, 0.15) is 0 Å². The fraction of sp³-hybridized carbons (Fsp3) is 0.500. The third-order valence-electron chi connectivity index (χ3n) is 3.96. The summed E-state index contributed by atoms with van der Waals surface area (Å²) in [4.78, 5) is 23.3. The van der Waals surface area contributed by atoms with Crippen molar-refractivity contribution in [3.63, 3.8) is 0 Å². The molecular formula is C16H21NO3. The van der Waals surface area contributed by atoms with Crippen molar-refractivity contribution in [3.8, 4) is 0 Å². The second-order valence-corrected chi connectivity index (χ2v) is 5.74. The molecular weight excluding hydrogens is 254 g/mol. The van der Waals surface area contributed by atoms with E-state index in [9.17, 15) is 14.7 Å². The van der Waals surface area contributed by atoms with Crippen molar-refractivity contribution in [2.24, 2.45) is 11.8 Å². The molecule has 0 saturated heterocycles. The first kappa shape index (κ1) is 14.6. The maximum Gasteiger partial charge on any atom is 0.330 e. The molecule has 1 aromatic rings. The Morgan fingerprint density at radius 1 is 1.30 bits per heavy atom. The Bertz CT molecular complexity index is 472. The molecule has 1 saturated carbocycles. The molecule has 4 nitrogen and oxygen atoms in total. The third kappa shape index (κ3) is 3.83. The van der Waals surface area contributed by atoms with Crippen LogP contribution in [0.25, 0.3) is 0 Å². The van der Waals surface area contributed by atoms with Crippen molar-refractivity contribution in [2.45, 2.75) is 38.6 Å². The Hall–Kier alpha value is -1.84. The Kier molecular flexibility index (Phi) is 4.77. The molecule has 0 radical (unpaired) electrons. The largest absolute Gasteiger partial charge is 0.479 e. The lowest BCUT2D eigenvalue weighted by Gasteiger charge is -2.16. The van der Waals surface area contributed by atoms with E-state index < -0.39 is 12.0 Å². The molecule has 3 atom stereocenters. The SMILES string of the molecule is CC1CCC(CC(=O)N[C@@H](C(=O)O)c2ccccc2)C1.